The van der Waals surface area contributed by atoms with Crippen LogP contribution in [-0.2, 0) is 6.54 Å². The van der Waals surface area contributed by atoms with E-state index in [2.05, 4.69) is 15.0 Å². The molecule has 1 N–H and O–H groups in total. The fourth-order valence-corrected chi connectivity index (χ4v) is 5.46. The highest BCUT2D eigenvalue weighted by atomic mass is 35.5. The van der Waals surface area contributed by atoms with Crippen LogP contribution < -0.4 is 15.2 Å². The Bertz CT molecular complexity index is 1200. The lowest BCUT2D eigenvalue weighted by molar-refractivity contribution is -0.270. The van der Waals surface area contributed by atoms with Crippen LogP contribution in [0.25, 0.3) is 11.0 Å². The number of nitrogens with one attached hydrogen (secondary N) is 1. The van der Waals surface area contributed by atoms with E-state index in [-0.39, 0.29) is 11.8 Å². The molecule has 1 fully saturated rings. The number of aromatic nitrogens is 2. The number of benzene rings is 2. The molecule has 0 radical (unpaired) electrons. The first-order chi connectivity index (χ1) is 17.7. The predicted molar refractivity (Wildman–Crippen MR) is 138 cm³/mol. The molecule has 7 nitrogen and oxygen atoms in total. The normalized spacial score (nSPS) is 15.7. The van der Waals surface area contributed by atoms with Crippen LogP contribution in [-0.4, -0.2) is 45.8 Å². The van der Waals surface area contributed by atoms with E-state index < -0.39 is 18.7 Å². The van der Waals surface area contributed by atoms with Crippen molar-refractivity contribution in [2.75, 3.05) is 11.9 Å². The van der Waals surface area contributed by atoms with Crippen LogP contribution in [0.5, 0.6) is 5.75 Å². The highest BCUT2D eigenvalue weighted by Gasteiger charge is 2.29. The number of alkyl halides is 2. The lowest BCUT2D eigenvalue weighted by Gasteiger charge is -2.40. The van der Waals surface area contributed by atoms with Gasteiger partial charge < -0.3 is 29.4 Å². The van der Waals surface area contributed by atoms with Gasteiger partial charge in [-0.05, 0) is 55.7 Å². The maximum atomic E-state index is 12.4. The van der Waals surface area contributed by atoms with Gasteiger partial charge in [-0.2, -0.15) is 8.78 Å². The molecule has 1 aromatic heterocycles. The number of ether oxygens (including phenoxy) is 1. The summed E-state index contributed by atoms with van der Waals surface area (Å²) in [5.74, 6) is 0.484. The summed E-state index contributed by atoms with van der Waals surface area (Å²) in [6, 6.07) is 8.74. The maximum Gasteiger partial charge on any atom is 0.387 e. The first-order valence-electron chi connectivity index (χ1n) is 12.3. The fraction of sp³-hybridized carbons (Fsp3) is 0.462. The van der Waals surface area contributed by atoms with Gasteiger partial charge in [-0.1, -0.05) is 48.9 Å². The third-order valence-electron chi connectivity index (χ3n) is 6.91. The molecule has 1 saturated carbocycles. The van der Waals surface area contributed by atoms with Crippen molar-refractivity contribution in [3.8, 4) is 5.75 Å². The molecule has 1 heterocycles. The van der Waals surface area contributed by atoms with Crippen molar-refractivity contribution in [2.45, 2.75) is 64.3 Å². The van der Waals surface area contributed by atoms with E-state index in [0.717, 1.165) is 31.2 Å². The second-order valence-electron chi connectivity index (χ2n) is 9.50. The Morgan fingerprint density at radius 2 is 1.89 bits per heavy atom. The molecule has 0 spiro atoms. The Balaban J connectivity index is 1.52. The Kier molecular flexibility index (Phi) is 8.97. The van der Waals surface area contributed by atoms with E-state index >= 15 is 0 Å². The molecule has 4 rings (SSSR count). The van der Waals surface area contributed by atoms with Crippen LogP contribution >= 0.6 is 23.2 Å². The molecule has 0 unspecified atom stereocenters. The van der Waals surface area contributed by atoms with Crippen molar-refractivity contribution in [1.82, 2.24) is 14.5 Å². The minimum Gasteiger partial charge on any atom is -0.530 e. The molecule has 0 bridgehead atoms. The fourth-order valence-electron chi connectivity index (χ4n) is 5.14. The topological polar surface area (TPSA) is 82.5 Å². The first-order valence-corrected chi connectivity index (χ1v) is 13.0. The number of carboxylic acid groups (broad SMARTS) is 1. The summed E-state index contributed by atoms with van der Waals surface area (Å²) in [6.45, 7) is -0.381. The molecule has 37 heavy (non-hydrogen) atoms. The lowest BCUT2D eigenvalue weighted by atomic mass is 9.96. The minimum atomic E-state index is -2.90. The second kappa shape index (κ2) is 12.2. The summed E-state index contributed by atoms with van der Waals surface area (Å²) >= 11 is 12.4. The summed E-state index contributed by atoms with van der Waals surface area (Å²) in [4.78, 5) is 18.3. The number of carbonyl (C=O) groups excluding carboxylic acids is 1. The second-order valence-corrected chi connectivity index (χ2v) is 10.3. The number of hydrogen-bond acceptors (Lipinski definition) is 5. The van der Waals surface area contributed by atoms with Gasteiger partial charge in [0.1, 0.15) is 11.8 Å². The highest BCUT2D eigenvalue weighted by Crippen LogP contribution is 2.32. The summed E-state index contributed by atoms with van der Waals surface area (Å²) in [5, 5.41) is 16.4. The van der Waals surface area contributed by atoms with Gasteiger partial charge >= 0.3 is 6.61 Å². The number of carbonyl (C=O) groups is 1. The highest BCUT2D eigenvalue weighted by molar-refractivity contribution is 6.42. The molecule has 0 aliphatic heterocycles. The minimum absolute atomic E-state index is 0.0514. The molecule has 1 aliphatic rings. The van der Waals surface area contributed by atoms with Gasteiger partial charge in [0.25, 0.3) is 0 Å². The molecule has 200 valence electrons. The van der Waals surface area contributed by atoms with Crippen molar-refractivity contribution in [3.05, 3.63) is 52.8 Å². The Morgan fingerprint density at radius 3 is 2.54 bits per heavy atom. The van der Waals surface area contributed by atoms with Gasteiger partial charge in [-0.25, -0.2) is 4.98 Å². The number of rotatable bonds is 11. The number of imidazole rings is 1. The molecule has 2 aromatic carbocycles. The van der Waals surface area contributed by atoms with E-state index in [1.165, 1.54) is 17.0 Å². The van der Waals surface area contributed by atoms with Crippen LogP contribution in [0.2, 0.25) is 10.0 Å². The van der Waals surface area contributed by atoms with Gasteiger partial charge in [0.15, 0.2) is 0 Å². The lowest BCUT2D eigenvalue weighted by Crippen LogP contribution is -2.55. The van der Waals surface area contributed by atoms with E-state index in [4.69, 9.17) is 23.2 Å². The van der Waals surface area contributed by atoms with Crippen LogP contribution in [0, 0.1) is 5.92 Å². The number of halogens is 4. The Hall–Kier alpha value is -2.78. The molecule has 2 atom stereocenters. The number of amides is 1. The third-order valence-corrected chi connectivity index (χ3v) is 7.63. The summed E-state index contributed by atoms with van der Waals surface area (Å²) in [7, 11) is 0. The summed E-state index contributed by atoms with van der Waals surface area (Å²) < 4.78 is 31.1. The van der Waals surface area contributed by atoms with Crippen LogP contribution in [0.1, 0.15) is 39.0 Å². The molecule has 3 aromatic rings. The zero-order valence-corrected chi connectivity index (χ0v) is 21.9. The number of nitrogens with zero attached hydrogens (tertiary/aromatic N) is 3. The van der Waals surface area contributed by atoms with E-state index in [0.29, 0.717) is 46.7 Å². The summed E-state index contributed by atoms with van der Waals surface area (Å²) in [6.07, 6.45) is 5.58. The van der Waals surface area contributed by atoms with Crippen LogP contribution in [0.15, 0.2) is 42.7 Å². The zero-order valence-electron chi connectivity index (χ0n) is 20.4. The van der Waals surface area contributed by atoms with E-state index in [9.17, 15) is 18.7 Å². The van der Waals surface area contributed by atoms with Crippen molar-refractivity contribution >= 4 is 46.0 Å². The van der Waals surface area contributed by atoms with Gasteiger partial charge in [0.05, 0.1) is 27.4 Å². The number of hydrogen-bond donors (Lipinski definition) is 1. The van der Waals surface area contributed by atoms with Gasteiger partial charge in [-0.3, -0.25) is 0 Å². The molecule has 1 aliphatic carbocycles. The van der Waals surface area contributed by atoms with E-state index in [1.54, 1.807) is 30.6 Å². The van der Waals surface area contributed by atoms with E-state index in [1.807, 2.05) is 11.5 Å². The SMILES string of the molecule is C[C@@H](CNc1ccc(OC(F)F)cc1)N(C(=O)[O-])[C@@H](CC1CCCC1)Cn1cnc2cc(Cl)c(Cl)cc21. The van der Waals surface area contributed by atoms with Crippen molar-refractivity contribution in [3.63, 3.8) is 0 Å². The third kappa shape index (κ3) is 6.96. The molecular weight excluding hydrogens is 525 g/mol. The van der Waals surface area contributed by atoms with Gasteiger partial charge in [-0.15, -0.1) is 0 Å². The Labute approximate surface area is 224 Å². The quantitative estimate of drug-likeness (QED) is 0.313. The zero-order chi connectivity index (χ0) is 26.5. The number of fused-ring (bicyclic) bond motifs is 1. The largest absolute Gasteiger partial charge is 0.530 e. The molecule has 1 amide bonds. The maximum absolute atomic E-state index is 12.4. The predicted octanol–water partition coefficient (Wildman–Crippen LogP) is 6.04. The monoisotopic (exact) mass is 553 g/mol. The molecule has 11 heteroatoms. The van der Waals surface area contributed by atoms with Crippen molar-refractivity contribution in [1.29, 1.82) is 0 Å². The smallest absolute Gasteiger partial charge is 0.387 e. The van der Waals surface area contributed by atoms with Crippen LogP contribution in [0.3, 0.4) is 0 Å². The van der Waals surface area contributed by atoms with Crippen LogP contribution in [0.4, 0.5) is 19.3 Å². The summed E-state index contributed by atoms with van der Waals surface area (Å²) in [5.41, 5.74) is 2.12. The first kappa shape index (κ1) is 27.3. The number of anilines is 1. The standard InChI is InChI=1S/C26H30Cl2F2N4O3/c1-16(13-31-18-6-8-20(9-7-18)37-25(29)30)34(26(35)36)19(10-17-4-2-3-5-17)14-33-15-32-23-11-21(27)22(28)12-24(23)33/h6-9,11-12,15-17,19,25,31H,2-5,10,13-14H2,1H3,(H,35,36)/p-1/t16-,19-/m0/s1. The average Bonchev–Trinajstić information content (AvgIpc) is 3.49. The average molecular weight is 554 g/mol. The van der Waals surface area contributed by atoms with Gasteiger partial charge in [0.2, 0.25) is 0 Å². The molecular formula is C26H29Cl2F2N4O3-. The van der Waals surface area contributed by atoms with Gasteiger partial charge in [0, 0.05) is 30.9 Å². The Morgan fingerprint density at radius 1 is 1.22 bits per heavy atom. The van der Waals surface area contributed by atoms with Crippen molar-refractivity contribution in [2.24, 2.45) is 5.92 Å². The molecule has 0 saturated heterocycles. The van der Waals surface area contributed by atoms with Crippen molar-refractivity contribution < 1.29 is 23.4 Å².